The van der Waals surface area contributed by atoms with Gasteiger partial charge in [0.2, 0.25) is 0 Å². The number of aromatic nitrogens is 4. The number of carbonyl (C=O) groups is 2. The van der Waals surface area contributed by atoms with E-state index in [1.807, 2.05) is 0 Å². The summed E-state index contributed by atoms with van der Waals surface area (Å²) >= 11 is 5.90. The van der Waals surface area contributed by atoms with Gasteiger partial charge in [-0.2, -0.15) is 0 Å². The molecule has 1 aliphatic rings. The number of carbonyl (C=O) groups excluding carboxylic acids is 2. The number of amides is 3. The molecule has 0 spiro atoms. The van der Waals surface area contributed by atoms with Crippen molar-refractivity contribution in [2.24, 2.45) is 0 Å². The lowest BCUT2D eigenvalue weighted by molar-refractivity contribution is -0.131. The van der Waals surface area contributed by atoms with Crippen LogP contribution in [0.2, 0.25) is 5.02 Å². The van der Waals surface area contributed by atoms with Crippen molar-refractivity contribution < 1.29 is 9.59 Å². The summed E-state index contributed by atoms with van der Waals surface area (Å²) in [5.74, 6) is 0.141. The highest BCUT2D eigenvalue weighted by atomic mass is 35.5. The summed E-state index contributed by atoms with van der Waals surface area (Å²) < 4.78 is 1.63. The van der Waals surface area contributed by atoms with E-state index in [1.165, 1.54) is 0 Å². The summed E-state index contributed by atoms with van der Waals surface area (Å²) in [6.07, 6.45) is 1.91. The van der Waals surface area contributed by atoms with Gasteiger partial charge in [-0.3, -0.25) is 9.69 Å². The van der Waals surface area contributed by atoms with Gasteiger partial charge in [0, 0.05) is 11.6 Å². The van der Waals surface area contributed by atoms with Crippen LogP contribution in [0.25, 0.3) is 0 Å². The van der Waals surface area contributed by atoms with Crippen molar-refractivity contribution in [3.63, 3.8) is 0 Å². The maximum absolute atomic E-state index is 12.9. The Morgan fingerprint density at radius 1 is 1.24 bits per heavy atom. The summed E-state index contributed by atoms with van der Waals surface area (Å²) in [6.45, 7) is 4.43. The van der Waals surface area contributed by atoms with Crippen LogP contribution >= 0.6 is 11.6 Å². The molecule has 9 heteroatoms. The molecule has 0 radical (unpaired) electrons. The lowest BCUT2D eigenvalue weighted by atomic mass is 9.92. The number of unbranched alkanes of at least 4 members (excludes halogenated alkanes) is 1. The second kappa shape index (κ2) is 6.79. The molecule has 3 rings (SSSR count). The Hall–Kier alpha value is -2.48. The average Bonchev–Trinajstić information content (AvgIpc) is 3.12. The van der Waals surface area contributed by atoms with Gasteiger partial charge in [-0.25, -0.2) is 9.48 Å². The van der Waals surface area contributed by atoms with Crippen molar-refractivity contribution >= 4 is 23.5 Å². The Bertz CT molecular complexity index is 790. The molecule has 1 aromatic heterocycles. The Morgan fingerprint density at radius 2 is 1.96 bits per heavy atom. The fourth-order valence-corrected chi connectivity index (χ4v) is 2.90. The van der Waals surface area contributed by atoms with Gasteiger partial charge in [-0.15, -0.1) is 5.10 Å². The van der Waals surface area contributed by atoms with Crippen molar-refractivity contribution in [1.29, 1.82) is 0 Å². The van der Waals surface area contributed by atoms with Crippen LogP contribution < -0.4 is 5.32 Å². The largest absolute Gasteiger partial charge is 0.325 e. The molecule has 0 bridgehead atoms. The van der Waals surface area contributed by atoms with Gasteiger partial charge in [-0.05, 0) is 41.5 Å². The van der Waals surface area contributed by atoms with Gasteiger partial charge in [0.25, 0.3) is 5.91 Å². The van der Waals surface area contributed by atoms with Gasteiger partial charge >= 0.3 is 6.03 Å². The summed E-state index contributed by atoms with van der Waals surface area (Å²) in [6, 6.07) is 6.38. The van der Waals surface area contributed by atoms with E-state index < -0.39 is 11.6 Å². The van der Waals surface area contributed by atoms with Crippen LogP contribution in [0.4, 0.5) is 4.79 Å². The molecule has 1 aliphatic heterocycles. The zero-order chi connectivity index (χ0) is 18.0. The molecule has 0 saturated carbocycles. The zero-order valence-corrected chi connectivity index (χ0v) is 14.8. The Labute approximate surface area is 150 Å². The second-order valence-electron chi connectivity index (χ2n) is 6.13. The van der Waals surface area contributed by atoms with E-state index in [0.29, 0.717) is 23.0 Å². The number of tetrazole rings is 1. The molecule has 1 fully saturated rings. The Balaban J connectivity index is 1.82. The minimum absolute atomic E-state index is 0.0323. The second-order valence-corrected chi connectivity index (χ2v) is 6.56. The van der Waals surface area contributed by atoms with Crippen molar-refractivity contribution in [1.82, 2.24) is 30.4 Å². The highest BCUT2D eigenvalue weighted by molar-refractivity contribution is 6.30. The predicted molar refractivity (Wildman–Crippen MR) is 90.6 cm³/mol. The molecule has 25 heavy (non-hydrogen) atoms. The molecule has 3 amide bonds. The molecule has 0 aliphatic carbocycles. The van der Waals surface area contributed by atoms with E-state index in [2.05, 4.69) is 27.8 Å². The van der Waals surface area contributed by atoms with Crippen LogP contribution in [-0.4, -0.2) is 37.0 Å². The van der Waals surface area contributed by atoms with E-state index in [1.54, 1.807) is 35.9 Å². The Morgan fingerprint density at radius 3 is 2.64 bits per heavy atom. The number of rotatable bonds is 6. The molecule has 2 aromatic rings. The van der Waals surface area contributed by atoms with E-state index in [4.69, 9.17) is 11.6 Å². The summed E-state index contributed by atoms with van der Waals surface area (Å²) in [7, 11) is 0. The number of nitrogens with one attached hydrogen (secondary N) is 1. The van der Waals surface area contributed by atoms with E-state index >= 15 is 0 Å². The standard InChI is InChI=1S/C16H19ClN6O2/c1-3-4-9-23-13(19-20-21-23)10-22-14(24)16(2,18-15(22)25)11-5-7-12(17)8-6-11/h5-8H,3-4,9-10H2,1-2H3,(H,18,25)/t16-/m0/s1. The monoisotopic (exact) mass is 362 g/mol. The molecule has 2 heterocycles. The molecular formula is C16H19ClN6O2. The number of halogens is 1. The highest BCUT2D eigenvalue weighted by Gasteiger charge is 2.49. The average molecular weight is 363 g/mol. The van der Waals surface area contributed by atoms with Crippen molar-refractivity contribution in [3.8, 4) is 0 Å². The summed E-state index contributed by atoms with van der Waals surface area (Å²) in [5, 5.41) is 14.8. The van der Waals surface area contributed by atoms with Gasteiger partial charge in [0.15, 0.2) is 5.82 Å². The first-order chi connectivity index (χ1) is 12.0. The number of urea groups is 1. The number of imide groups is 1. The van der Waals surface area contributed by atoms with Crippen molar-refractivity contribution in [2.75, 3.05) is 0 Å². The highest BCUT2D eigenvalue weighted by Crippen LogP contribution is 2.30. The van der Waals surface area contributed by atoms with Gasteiger partial charge in [0.05, 0.1) is 6.54 Å². The first kappa shape index (κ1) is 17.3. The van der Waals surface area contributed by atoms with Crippen LogP contribution in [-0.2, 0) is 23.4 Å². The number of benzene rings is 1. The van der Waals surface area contributed by atoms with Crippen LogP contribution in [0.3, 0.4) is 0 Å². The van der Waals surface area contributed by atoms with Crippen LogP contribution in [0.1, 0.15) is 38.1 Å². The first-order valence-electron chi connectivity index (χ1n) is 8.11. The number of aryl methyl sites for hydroxylation is 1. The van der Waals surface area contributed by atoms with Crippen LogP contribution in [0.15, 0.2) is 24.3 Å². The third kappa shape index (κ3) is 3.21. The van der Waals surface area contributed by atoms with Crippen molar-refractivity contribution in [3.05, 3.63) is 40.7 Å². The molecule has 0 unspecified atom stereocenters. The number of hydrogen-bond acceptors (Lipinski definition) is 5. The molecule has 1 aromatic carbocycles. The maximum Gasteiger partial charge on any atom is 0.325 e. The summed E-state index contributed by atoms with van der Waals surface area (Å²) in [5.41, 5.74) is -0.466. The number of nitrogens with zero attached hydrogens (tertiary/aromatic N) is 5. The molecular weight excluding hydrogens is 344 g/mol. The molecule has 1 N–H and O–H groups in total. The van der Waals surface area contributed by atoms with Gasteiger partial charge in [-0.1, -0.05) is 37.1 Å². The SMILES string of the molecule is CCCCn1nnnc1CN1C(=O)N[C@@](C)(c2ccc(Cl)cc2)C1=O. The third-order valence-electron chi connectivity index (χ3n) is 4.33. The quantitative estimate of drug-likeness (QED) is 0.794. The normalized spacial score (nSPS) is 20.2. The van der Waals surface area contributed by atoms with Crippen molar-refractivity contribution in [2.45, 2.75) is 45.3 Å². The third-order valence-corrected chi connectivity index (χ3v) is 4.58. The molecule has 1 saturated heterocycles. The topological polar surface area (TPSA) is 93.0 Å². The smallest absolute Gasteiger partial charge is 0.319 e. The Kier molecular flexibility index (Phi) is 4.71. The van der Waals surface area contributed by atoms with E-state index in [-0.39, 0.29) is 12.5 Å². The predicted octanol–water partition coefficient (Wildman–Crippen LogP) is 2.09. The van der Waals surface area contributed by atoms with Crippen LogP contribution in [0, 0.1) is 0 Å². The minimum Gasteiger partial charge on any atom is -0.319 e. The zero-order valence-electron chi connectivity index (χ0n) is 14.1. The first-order valence-corrected chi connectivity index (χ1v) is 8.48. The number of hydrogen-bond donors (Lipinski definition) is 1. The fraction of sp³-hybridized carbons (Fsp3) is 0.438. The lowest BCUT2D eigenvalue weighted by Gasteiger charge is -2.22. The van der Waals surface area contributed by atoms with Gasteiger partial charge in [0.1, 0.15) is 5.54 Å². The summed E-state index contributed by atoms with van der Waals surface area (Å²) in [4.78, 5) is 26.4. The molecule has 1 atom stereocenters. The van der Waals surface area contributed by atoms with E-state index in [0.717, 1.165) is 17.7 Å². The fourth-order valence-electron chi connectivity index (χ4n) is 2.78. The molecule has 132 valence electrons. The lowest BCUT2D eigenvalue weighted by Crippen LogP contribution is -2.40. The maximum atomic E-state index is 12.9. The van der Waals surface area contributed by atoms with Crippen LogP contribution in [0.5, 0.6) is 0 Å². The van der Waals surface area contributed by atoms with Gasteiger partial charge < -0.3 is 5.32 Å². The van der Waals surface area contributed by atoms with E-state index in [9.17, 15) is 9.59 Å². The minimum atomic E-state index is -1.14. The molecule has 8 nitrogen and oxygen atoms in total.